The molecule has 24 heavy (non-hydrogen) atoms. The first-order valence-electron chi connectivity index (χ1n) is 7.00. The Kier molecular flexibility index (Phi) is 7.36. The summed E-state index contributed by atoms with van der Waals surface area (Å²) in [5.41, 5.74) is -0.125. The number of carbonyl (C=O) groups is 1. The number of amides is 1. The molecule has 1 amide bonds. The Bertz CT molecular complexity index is 695. The van der Waals surface area contributed by atoms with Gasteiger partial charge in [-0.1, -0.05) is 17.7 Å². The third-order valence-electron chi connectivity index (χ3n) is 2.88. The second-order valence-corrected chi connectivity index (χ2v) is 7.19. The van der Waals surface area contributed by atoms with E-state index in [9.17, 15) is 14.9 Å². The Labute approximate surface area is 152 Å². The molecule has 0 saturated carbocycles. The number of carbonyl (C=O) groups excluding carboxylic acids is 1. The van der Waals surface area contributed by atoms with E-state index in [2.05, 4.69) is 11.4 Å². The Morgan fingerprint density at radius 2 is 2.25 bits per heavy atom. The van der Waals surface area contributed by atoms with Crippen LogP contribution in [-0.2, 0) is 10.5 Å². The number of halogens is 1. The summed E-state index contributed by atoms with van der Waals surface area (Å²) in [5, 5.41) is 15.5. The maximum absolute atomic E-state index is 11.7. The van der Waals surface area contributed by atoms with Crippen molar-refractivity contribution in [2.75, 3.05) is 18.9 Å². The molecule has 128 valence electrons. The lowest BCUT2D eigenvalue weighted by molar-refractivity contribution is -0.384. The van der Waals surface area contributed by atoms with Crippen molar-refractivity contribution in [3.63, 3.8) is 0 Å². The number of non-ortho nitro benzene ring substituents is 1. The molecule has 0 unspecified atom stereocenters. The molecular weight excluding hydrogens is 372 g/mol. The lowest BCUT2D eigenvalue weighted by Gasteiger charge is -2.08. The summed E-state index contributed by atoms with van der Waals surface area (Å²) in [6.45, 7) is 0.360. The predicted octanol–water partition coefficient (Wildman–Crippen LogP) is 3.74. The van der Waals surface area contributed by atoms with Crippen LogP contribution in [0.5, 0.6) is 5.75 Å². The monoisotopic (exact) mass is 386 g/mol. The van der Waals surface area contributed by atoms with Gasteiger partial charge in [-0.2, -0.15) is 11.8 Å². The summed E-state index contributed by atoms with van der Waals surface area (Å²) in [5.74, 6) is 1.72. The maximum atomic E-state index is 11.7. The molecule has 9 heteroatoms. The first-order valence-corrected chi connectivity index (χ1v) is 9.41. The minimum Gasteiger partial charge on any atom is -0.482 e. The van der Waals surface area contributed by atoms with Crippen LogP contribution >= 0.6 is 34.7 Å². The van der Waals surface area contributed by atoms with Crippen molar-refractivity contribution in [3.05, 3.63) is 55.7 Å². The average molecular weight is 387 g/mol. The van der Waals surface area contributed by atoms with Crippen LogP contribution in [0.2, 0.25) is 5.02 Å². The molecule has 1 aromatic carbocycles. The Morgan fingerprint density at radius 1 is 1.42 bits per heavy atom. The van der Waals surface area contributed by atoms with Gasteiger partial charge in [0, 0.05) is 35.1 Å². The molecule has 0 bridgehead atoms. The molecule has 0 fully saturated rings. The zero-order valence-electron chi connectivity index (χ0n) is 12.6. The fourth-order valence-electron chi connectivity index (χ4n) is 1.74. The molecule has 2 aromatic rings. The minimum absolute atomic E-state index is 0.100. The van der Waals surface area contributed by atoms with Gasteiger partial charge in [-0.3, -0.25) is 14.9 Å². The molecule has 1 N–H and O–H groups in total. The minimum atomic E-state index is -0.545. The highest BCUT2D eigenvalue weighted by Gasteiger charge is 2.11. The molecule has 1 aromatic heterocycles. The second-order valence-electron chi connectivity index (χ2n) is 4.64. The van der Waals surface area contributed by atoms with Crippen LogP contribution in [0.3, 0.4) is 0 Å². The quantitative estimate of drug-likeness (QED) is 0.403. The third kappa shape index (κ3) is 6.03. The van der Waals surface area contributed by atoms with Gasteiger partial charge in [-0.05, 0) is 17.5 Å². The molecule has 0 atom stereocenters. The Morgan fingerprint density at radius 3 is 2.92 bits per heavy atom. The summed E-state index contributed by atoms with van der Waals surface area (Å²) < 4.78 is 5.28. The molecule has 0 aliphatic rings. The summed E-state index contributed by atoms with van der Waals surface area (Å²) in [6, 6.07) is 7.95. The fraction of sp³-hybridized carbons (Fsp3) is 0.267. The van der Waals surface area contributed by atoms with Gasteiger partial charge in [-0.25, -0.2) is 0 Å². The van der Waals surface area contributed by atoms with Crippen LogP contribution in [0.15, 0.2) is 35.7 Å². The Hall–Kier alpha value is -1.77. The number of thiophene rings is 1. The number of ether oxygens (including phenoxy) is 1. The summed E-state index contributed by atoms with van der Waals surface area (Å²) in [4.78, 5) is 23.1. The van der Waals surface area contributed by atoms with Gasteiger partial charge in [0.15, 0.2) is 6.61 Å². The maximum Gasteiger partial charge on any atom is 0.271 e. The van der Waals surface area contributed by atoms with Crippen LogP contribution in [0.4, 0.5) is 5.69 Å². The van der Waals surface area contributed by atoms with E-state index < -0.39 is 4.92 Å². The van der Waals surface area contributed by atoms with Crippen molar-refractivity contribution in [2.45, 2.75) is 5.75 Å². The van der Waals surface area contributed by atoms with Crippen LogP contribution in [0, 0.1) is 10.1 Å². The molecule has 0 aliphatic carbocycles. The van der Waals surface area contributed by atoms with Gasteiger partial charge < -0.3 is 10.1 Å². The van der Waals surface area contributed by atoms with Gasteiger partial charge in [0.1, 0.15) is 5.75 Å². The summed E-state index contributed by atoms with van der Waals surface area (Å²) in [6.07, 6.45) is 0. The molecule has 6 nitrogen and oxygen atoms in total. The predicted molar refractivity (Wildman–Crippen MR) is 97.1 cm³/mol. The van der Waals surface area contributed by atoms with Crippen molar-refractivity contribution in [2.24, 2.45) is 0 Å². The third-order valence-corrected chi connectivity index (χ3v) is 5.24. The van der Waals surface area contributed by atoms with Crippen molar-refractivity contribution in [1.82, 2.24) is 5.32 Å². The van der Waals surface area contributed by atoms with Crippen molar-refractivity contribution >= 4 is 46.3 Å². The van der Waals surface area contributed by atoms with Crippen molar-refractivity contribution in [1.29, 1.82) is 0 Å². The number of thioether (sulfide) groups is 1. The number of nitro groups is 1. The Balaban J connectivity index is 1.65. The first-order chi connectivity index (χ1) is 11.6. The average Bonchev–Trinajstić information content (AvgIpc) is 3.06. The van der Waals surface area contributed by atoms with Gasteiger partial charge in [0.25, 0.3) is 11.6 Å². The largest absolute Gasteiger partial charge is 0.482 e. The number of nitrogens with one attached hydrogen (secondary N) is 1. The van der Waals surface area contributed by atoms with E-state index in [0.29, 0.717) is 6.54 Å². The SMILES string of the molecule is O=C(COc1ccc([N+](=O)[O-])cc1Cl)NCCSCc1cccs1. The number of rotatable bonds is 9. The highest BCUT2D eigenvalue weighted by Crippen LogP contribution is 2.28. The van der Waals surface area contributed by atoms with E-state index in [0.717, 1.165) is 11.5 Å². The highest BCUT2D eigenvalue weighted by molar-refractivity contribution is 7.98. The van der Waals surface area contributed by atoms with E-state index in [1.165, 1.54) is 23.1 Å². The standard InChI is InChI=1S/C15H15ClN2O4S2/c16-13-8-11(18(20)21)3-4-14(13)22-9-15(19)17-5-7-23-10-12-2-1-6-24-12/h1-4,6,8H,5,7,9-10H2,(H,17,19). The molecule has 0 saturated heterocycles. The molecule has 1 heterocycles. The van der Waals surface area contributed by atoms with Gasteiger partial charge in [0.05, 0.1) is 9.95 Å². The molecule has 0 spiro atoms. The summed E-state index contributed by atoms with van der Waals surface area (Å²) in [7, 11) is 0. The molecule has 2 rings (SSSR count). The lowest BCUT2D eigenvalue weighted by atomic mass is 10.3. The topological polar surface area (TPSA) is 81.5 Å². The molecule has 0 aliphatic heterocycles. The fourth-order valence-corrected chi connectivity index (χ4v) is 3.67. The number of benzene rings is 1. The number of hydrogen-bond acceptors (Lipinski definition) is 6. The van der Waals surface area contributed by atoms with Crippen LogP contribution in [0.1, 0.15) is 4.88 Å². The zero-order chi connectivity index (χ0) is 17.4. The van der Waals surface area contributed by atoms with Crippen LogP contribution < -0.4 is 10.1 Å². The number of nitro benzene ring substituents is 1. The van der Waals surface area contributed by atoms with Gasteiger partial charge in [-0.15, -0.1) is 11.3 Å². The normalized spacial score (nSPS) is 10.4. The number of hydrogen-bond donors (Lipinski definition) is 1. The smallest absolute Gasteiger partial charge is 0.271 e. The summed E-state index contributed by atoms with van der Waals surface area (Å²) >= 11 is 9.35. The second kappa shape index (κ2) is 9.51. The van der Waals surface area contributed by atoms with Crippen LogP contribution in [-0.4, -0.2) is 29.7 Å². The molecule has 0 radical (unpaired) electrons. The lowest BCUT2D eigenvalue weighted by Crippen LogP contribution is -2.30. The van der Waals surface area contributed by atoms with E-state index in [-0.39, 0.29) is 29.0 Å². The number of nitrogens with zero attached hydrogens (tertiary/aromatic N) is 1. The zero-order valence-corrected chi connectivity index (χ0v) is 15.0. The van der Waals surface area contributed by atoms with E-state index in [1.54, 1.807) is 23.1 Å². The first kappa shape index (κ1) is 18.6. The van der Waals surface area contributed by atoms with Crippen molar-refractivity contribution < 1.29 is 14.5 Å². The van der Waals surface area contributed by atoms with Gasteiger partial charge >= 0.3 is 0 Å². The van der Waals surface area contributed by atoms with E-state index in [4.69, 9.17) is 16.3 Å². The van der Waals surface area contributed by atoms with Crippen molar-refractivity contribution in [3.8, 4) is 5.75 Å². The van der Waals surface area contributed by atoms with Crippen LogP contribution in [0.25, 0.3) is 0 Å². The van der Waals surface area contributed by atoms with Gasteiger partial charge in [0.2, 0.25) is 0 Å². The van der Waals surface area contributed by atoms with E-state index >= 15 is 0 Å². The molecular formula is C15H15ClN2O4S2. The van der Waals surface area contributed by atoms with E-state index in [1.807, 2.05) is 11.4 Å². The highest BCUT2D eigenvalue weighted by atomic mass is 35.5.